The number of non-ortho nitro benzene ring substituents is 1. The Morgan fingerprint density at radius 3 is 2.58 bits per heavy atom. The number of esters is 1. The molecule has 0 radical (unpaired) electrons. The Hall–Kier alpha value is -3.13. The van der Waals surface area contributed by atoms with Crippen molar-refractivity contribution in [2.24, 2.45) is 0 Å². The highest BCUT2D eigenvalue weighted by molar-refractivity contribution is 6.31. The van der Waals surface area contributed by atoms with Gasteiger partial charge in [-0.05, 0) is 30.7 Å². The minimum Gasteiger partial charge on any atom is -0.452 e. The van der Waals surface area contributed by atoms with Crippen LogP contribution in [0.1, 0.15) is 15.9 Å². The Labute approximate surface area is 154 Å². The topological polar surface area (TPSA) is 111 Å². The minimum absolute atomic E-state index is 0.0344. The largest absolute Gasteiger partial charge is 0.452 e. The highest BCUT2D eigenvalue weighted by Crippen LogP contribution is 2.23. The van der Waals surface area contributed by atoms with Gasteiger partial charge in [-0.2, -0.15) is 0 Å². The first-order valence-corrected chi connectivity index (χ1v) is 7.89. The molecule has 2 aromatic carbocycles. The summed E-state index contributed by atoms with van der Waals surface area (Å²) >= 11 is 5.98. The van der Waals surface area contributed by atoms with Crippen LogP contribution in [-0.2, 0) is 9.53 Å². The highest BCUT2D eigenvalue weighted by Gasteiger charge is 2.18. The molecule has 0 saturated carbocycles. The number of amides is 1. The van der Waals surface area contributed by atoms with Crippen molar-refractivity contribution in [3.8, 4) is 0 Å². The van der Waals surface area contributed by atoms with E-state index in [1.807, 2.05) is 6.92 Å². The number of hydrogen-bond acceptors (Lipinski definition) is 6. The van der Waals surface area contributed by atoms with Gasteiger partial charge in [-0.15, -0.1) is 0 Å². The summed E-state index contributed by atoms with van der Waals surface area (Å²) in [5.41, 5.74) is 1.39. The maximum absolute atomic E-state index is 12.2. The Balaban J connectivity index is 2.03. The van der Waals surface area contributed by atoms with Crippen molar-refractivity contribution in [3.05, 3.63) is 62.7 Å². The predicted molar refractivity (Wildman–Crippen MR) is 97.7 cm³/mol. The number of halogens is 1. The number of anilines is 2. The van der Waals surface area contributed by atoms with E-state index in [1.165, 1.54) is 12.1 Å². The molecule has 0 saturated heterocycles. The number of rotatable bonds is 6. The van der Waals surface area contributed by atoms with E-state index in [9.17, 15) is 19.7 Å². The third-order valence-corrected chi connectivity index (χ3v) is 3.90. The Bertz CT molecular complexity index is 869. The lowest BCUT2D eigenvalue weighted by Crippen LogP contribution is -2.21. The second-order valence-electron chi connectivity index (χ2n) is 5.33. The molecule has 2 rings (SSSR count). The van der Waals surface area contributed by atoms with Gasteiger partial charge in [0.15, 0.2) is 6.61 Å². The number of nitro benzene ring substituents is 1. The molecule has 0 fully saturated rings. The number of nitrogens with one attached hydrogen (secondary N) is 2. The van der Waals surface area contributed by atoms with E-state index in [2.05, 4.69) is 10.6 Å². The summed E-state index contributed by atoms with van der Waals surface area (Å²) in [6.45, 7) is 1.28. The van der Waals surface area contributed by atoms with Crippen molar-refractivity contribution in [1.29, 1.82) is 0 Å². The van der Waals surface area contributed by atoms with Crippen molar-refractivity contribution >= 4 is 40.5 Å². The maximum Gasteiger partial charge on any atom is 0.341 e. The third kappa shape index (κ3) is 4.70. The molecule has 0 spiro atoms. The van der Waals surface area contributed by atoms with Gasteiger partial charge in [-0.25, -0.2) is 4.79 Å². The molecule has 0 unspecified atom stereocenters. The zero-order valence-corrected chi connectivity index (χ0v) is 14.8. The van der Waals surface area contributed by atoms with E-state index >= 15 is 0 Å². The highest BCUT2D eigenvalue weighted by atomic mass is 35.5. The van der Waals surface area contributed by atoms with Crippen molar-refractivity contribution < 1.29 is 19.2 Å². The van der Waals surface area contributed by atoms with Crippen LogP contribution in [0, 0.1) is 17.0 Å². The van der Waals surface area contributed by atoms with Crippen molar-refractivity contribution in [3.63, 3.8) is 0 Å². The van der Waals surface area contributed by atoms with Crippen LogP contribution in [0.4, 0.5) is 17.1 Å². The van der Waals surface area contributed by atoms with E-state index in [0.717, 1.165) is 11.6 Å². The minimum atomic E-state index is -0.852. The first kappa shape index (κ1) is 19.2. The lowest BCUT2D eigenvalue weighted by Gasteiger charge is -2.10. The van der Waals surface area contributed by atoms with Gasteiger partial charge in [-0.3, -0.25) is 14.9 Å². The fourth-order valence-electron chi connectivity index (χ4n) is 2.11. The van der Waals surface area contributed by atoms with Crippen LogP contribution in [0.25, 0.3) is 0 Å². The van der Waals surface area contributed by atoms with Crippen LogP contribution in [0.5, 0.6) is 0 Å². The number of hydrogen-bond donors (Lipinski definition) is 2. The monoisotopic (exact) mass is 377 g/mol. The fraction of sp³-hybridized carbons (Fsp3) is 0.176. The fourth-order valence-corrected chi connectivity index (χ4v) is 2.29. The molecule has 2 aromatic rings. The number of benzene rings is 2. The zero-order valence-electron chi connectivity index (χ0n) is 14.0. The first-order chi connectivity index (χ1) is 12.3. The Morgan fingerprint density at radius 2 is 1.96 bits per heavy atom. The molecule has 0 aliphatic heterocycles. The first-order valence-electron chi connectivity index (χ1n) is 7.51. The van der Waals surface area contributed by atoms with Crippen molar-refractivity contribution in [2.75, 3.05) is 24.3 Å². The smallest absolute Gasteiger partial charge is 0.341 e. The van der Waals surface area contributed by atoms with E-state index in [0.29, 0.717) is 16.4 Å². The summed E-state index contributed by atoms with van der Waals surface area (Å²) in [7, 11) is 1.56. The molecular weight excluding hydrogens is 362 g/mol. The summed E-state index contributed by atoms with van der Waals surface area (Å²) < 4.78 is 4.95. The van der Waals surface area contributed by atoms with Crippen LogP contribution in [-0.4, -0.2) is 30.5 Å². The maximum atomic E-state index is 12.2. The summed E-state index contributed by atoms with van der Waals surface area (Å²) in [6.07, 6.45) is 0. The average molecular weight is 378 g/mol. The molecule has 2 N–H and O–H groups in total. The van der Waals surface area contributed by atoms with Crippen LogP contribution in [0.3, 0.4) is 0 Å². The molecular formula is C17H16ClN3O5. The molecule has 0 aliphatic carbocycles. The van der Waals surface area contributed by atoms with Gasteiger partial charge in [-0.1, -0.05) is 17.7 Å². The Morgan fingerprint density at radius 1 is 1.23 bits per heavy atom. The van der Waals surface area contributed by atoms with Gasteiger partial charge in [0.05, 0.1) is 10.5 Å². The SMILES string of the molecule is CNc1ccc([N+](=O)[O-])cc1C(=O)OCC(=O)Nc1ccc(C)c(Cl)c1. The van der Waals surface area contributed by atoms with Crippen LogP contribution in [0.15, 0.2) is 36.4 Å². The lowest BCUT2D eigenvalue weighted by molar-refractivity contribution is -0.384. The van der Waals surface area contributed by atoms with Crippen LogP contribution in [0.2, 0.25) is 5.02 Å². The summed E-state index contributed by atoms with van der Waals surface area (Å²) in [4.78, 5) is 34.3. The molecule has 0 bridgehead atoms. The second kappa shape index (κ2) is 8.30. The number of carbonyl (C=O) groups excluding carboxylic acids is 2. The number of ether oxygens (including phenoxy) is 1. The van der Waals surface area contributed by atoms with Crippen LogP contribution >= 0.6 is 11.6 Å². The van der Waals surface area contributed by atoms with Crippen molar-refractivity contribution in [1.82, 2.24) is 0 Å². The Kier molecular flexibility index (Phi) is 6.13. The van der Waals surface area contributed by atoms with E-state index in [1.54, 1.807) is 25.2 Å². The van der Waals surface area contributed by atoms with E-state index in [-0.39, 0.29) is 11.3 Å². The second-order valence-corrected chi connectivity index (χ2v) is 5.73. The third-order valence-electron chi connectivity index (χ3n) is 3.49. The number of nitro groups is 1. The van der Waals surface area contributed by atoms with E-state index in [4.69, 9.17) is 16.3 Å². The molecule has 136 valence electrons. The molecule has 9 heteroatoms. The molecule has 0 atom stereocenters. The van der Waals surface area contributed by atoms with Gasteiger partial charge in [0, 0.05) is 35.6 Å². The number of carbonyl (C=O) groups is 2. The standard InChI is InChI=1S/C17H16ClN3O5/c1-10-3-4-11(7-14(10)18)20-16(22)9-26-17(23)13-8-12(21(24)25)5-6-15(13)19-2/h3-8,19H,9H2,1-2H3,(H,20,22). The van der Waals surface area contributed by atoms with Gasteiger partial charge >= 0.3 is 5.97 Å². The summed E-state index contributed by atoms with van der Waals surface area (Å²) in [5, 5.41) is 16.6. The lowest BCUT2D eigenvalue weighted by atomic mass is 10.1. The quantitative estimate of drug-likeness (QED) is 0.453. The number of nitrogens with zero attached hydrogens (tertiary/aromatic N) is 1. The zero-order chi connectivity index (χ0) is 19.3. The molecule has 8 nitrogen and oxygen atoms in total. The van der Waals surface area contributed by atoms with Gasteiger partial charge in [0.25, 0.3) is 11.6 Å². The summed E-state index contributed by atoms with van der Waals surface area (Å²) in [5.74, 6) is -1.41. The average Bonchev–Trinajstić information content (AvgIpc) is 2.62. The number of aryl methyl sites for hydroxylation is 1. The van der Waals surface area contributed by atoms with Gasteiger partial charge < -0.3 is 15.4 Å². The van der Waals surface area contributed by atoms with Gasteiger partial charge in [0.1, 0.15) is 0 Å². The molecule has 1 amide bonds. The normalized spacial score (nSPS) is 10.1. The molecule has 0 aromatic heterocycles. The predicted octanol–water partition coefficient (Wildman–Crippen LogP) is 3.39. The molecule has 0 aliphatic rings. The molecule has 0 heterocycles. The van der Waals surface area contributed by atoms with E-state index < -0.39 is 23.4 Å². The molecule has 26 heavy (non-hydrogen) atoms. The van der Waals surface area contributed by atoms with Gasteiger partial charge in [0.2, 0.25) is 0 Å². The van der Waals surface area contributed by atoms with Crippen LogP contribution < -0.4 is 10.6 Å². The summed E-state index contributed by atoms with van der Waals surface area (Å²) in [6, 6.07) is 8.73. The van der Waals surface area contributed by atoms with Crippen molar-refractivity contribution in [2.45, 2.75) is 6.92 Å².